The first kappa shape index (κ1) is 23.1. The van der Waals surface area contributed by atoms with Crippen LogP contribution in [0.4, 0.5) is 26.3 Å². The van der Waals surface area contributed by atoms with E-state index in [4.69, 9.17) is 14.2 Å². The van der Waals surface area contributed by atoms with Crippen LogP contribution < -0.4 is 4.74 Å². The van der Waals surface area contributed by atoms with Crippen molar-refractivity contribution in [2.75, 3.05) is 13.2 Å². The van der Waals surface area contributed by atoms with Crippen LogP contribution in [0.3, 0.4) is 0 Å². The van der Waals surface area contributed by atoms with Crippen molar-refractivity contribution in [3.05, 3.63) is 88.5 Å². The molecule has 0 unspecified atom stereocenters. The molecular weight excluding hydrogens is 450 g/mol. The normalized spacial score (nSPS) is 18.4. The lowest BCUT2D eigenvalue weighted by atomic mass is 10.0. The summed E-state index contributed by atoms with van der Waals surface area (Å²) in [5.74, 6) is -8.21. The first-order valence-electron chi connectivity index (χ1n) is 10.0. The molecule has 0 atom stereocenters. The minimum atomic E-state index is -1.66. The maximum Gasteiger partial charge on any atom is 0.194 e. The highest BCUT2D eigenvalue weighted by Gasteiger charge is 2.23. The Morgan fingerprint density at radius 2 is 1.39 bits per heavy atom. The van der Waals surface area contributed by atoms with Gasteiger partial charge in [-0.1, -0.05) is 19.1 Å². The van der Waals surface area contributed by atoms with E-state index in [2.05, 4.69) is 0 Å². The third kappa shape index (κ3) is 4.99. The summed E-state index contributed by atoms with van der Waals surface area (Å²) in [7, 11) is 0. The van der Waals surface area contributed by atoms with E-state index in [9.17, 15) is 26.3 Å². The molecule has 174 valence electrons. The van der Waals surface area contributed by atoms with E-state index in [1.54, 1.807) is 0 Å². The number of rotatable bonds is 5. The summed E-state index contributed by atoms with van der Waals surface area (Å²) in [6.07, 6.45) is -0.727. The number of hydrogen-bond acceptors (Lipinski definition) is 3. The van der Waals surface area contributed by atoms with Gasteiger partial charge in [0.25, 0.3) is 0 Å². The summed E-state index contributed by atoms with van der Waals surface area (Å²) >= 11 is 0. The Kier molecular flexibility index (Phi) is 6.62. The predicted octanol–water partition coefficient (Wildman–Crippen LogP) is 6.45. The first-order chi connectivity index (χ1) is 15.7. The quantitative estimate of drug-likeness (QED) is 0.318. The second-order valence-corrected chi connectivity index (χ2v) is 7.77. The molecule has 3 aromatic rings. The van der Waals surface area contributed by atoms with E-state index in [-0.39, 0.29) is 22.6 Å². The van der Waals surface area contributed by atoms with Gasteiger partial charge in [-0.05, 0) is 41.5 Å². The summed E-state index contributed by atoms with van der Waals surface area (Å²) < 4.78 is 99.4. The molecule has 3 aromatic carbocycles. The predicted molar refractivity (Wildman–Crippen MR) is 106 cm³/mol. The zero-order valence-electron chi connectivity index (χ0n) is 17.3. The molecule has 0 N–H and O–H groups in total. The summed E-state index contributed by atoms with van der Waals surface area (Å²) in [5.41, 5.74) is 0.120. The van der Waals surface area contributed by atoms with Crippen molar-refractivity contribution < 1.29 is 40.6 Å². The molecule has 1 fully saturated rings. The zero-order valence-corrected chi connectivity index (χ0v) is 17.3. The summed E-state index contributed by atoms with van der Waals surface area (Å²) in [6.45, 7) is 2.25. The lowest BCUT2D eigenvalue weighted by molar-refractivity contribution is -0.202. The van der Waals surface area contributed by atoms with Gasteiger partial charge >= 0.3 is 0 Å². The second-order valence-electron chi connectivity index (χ2n) is 7.77. The van der Waals surface area contributed by atoms with Crippen LogP contribution in [0.15, 0.2) is 42.5 Å². The van der Waals surface area contributed by atoms with Crippen LogP contribution in [0.1, 0.15) is 24.3 Å². The number of halogens is 6. The van der Waals surface area contributed by atoms with E-state index < -0.39 is 53.5 Å². The summed E-state index contributed by atoms with van der Waals surface area (Å²) in [4.78, 5) is 0. The molecule has 1 aliphatic rings. The Bertz CT molecular complexity index is 1130. The van der Waals surface area contributed by atoms with Crippen LogP contribution in [0, 0.1) is 40.8 Å². The van der Waals surface area contributed by atoms with Crippen LogP contribution >= 0.6 is 0 Å². The van der Waals surface area contributed by atoms with Crippen molar-refractivity contribution in [3.8, 4) is 16.9 Å². The molecule has 3 nitrogen and oxygen atoms in total. The fraction of sp³-hybridized carbons (Fsp3) is 0.250. The van der Waals surface area contributed by atoms with Crippen LogP contribution in [-0.2, 0) is 16.1 Å². The van der Waals surface area contributed by atoms with E-state index in [0.717, 1.165) is 12.1 Å². The highest BCUT2D eigenvalue weighted by atomic mass is 19.2. The molecular formula is C24H18F6O3. The fourth-order valence-corrected chi connectivity index (χ4v) is 3.40. The number of ether oxygens (including phenoxy) is 3. The lowest BCUT2D eigenvalue weighted by Gasteiger charge is -2.27. The molecule has 33 heavy (non-hydrogen) atoms. The van der Waals surface area contributed by atoms with Crippen molar-refractivity contribution in [1.82, 2.24) is 0 Å². The standard InChI is InChI=1S/C24H18F6O3/c1-12-9-32-24(33-10-12)14-2-3-16(17(25)6-14)15-7-20(28)23(21(29)8-15)31-11-13-4-18(26)22(30)19(27)5-13/h2-8,12,24H,9-11H2,1H3. The summed E-state index contributed by atoms with van der Waals surface area (Å²) in [6, 6.07) is 7.12. The molecule has 9 heteroatoms. The van der Waals surface area contributed by atoms with Gasteiger partial charge in [0.15, 0.2) is 41.1 Å². The molecule has 0 bridgehead atoms. The van der Waals surface area contributed by atoms with Crippen LogP contribution in [0.2, 0.25) is 0 Å². The monoisotopic (exact) mass is 468 g/mol. The number of hydrogen-bond donors (Lipinski definition) is 0. The minimum Gasteiger partial charge on any atom is -0.483 e. The topological polar surface area (TPSA) is 27.7 Å². The Balaban J connectivity index is 1.53. The highest BCUT2D eigenvalue weighted by Crippen LogP contribution is 2.33. The van der Waals surface area contributed by atoms with Gasteiger partial charge in [-0.2, -0.15) is 0 Å². The molecule has 0 radical (unpaired) electrons. The Hall–Kier alpha value is -3.04. The van der Waals surface area contributed by atoms with Gasteiger partial charge in [-0.15, -0.1) is 0 Å². The molecule has 4 rings (SSSR count). The molecule has 0 amide bonds. The van der Waals surface area contributed by atoms with Crippen molar-refractivity contribution in [3.63, 3.8) is 0 Å². The van der Waals surface area contributed by atoms with E-state index >= 15 is 0 Å². The summed E-state index contributed by atoms with van der Waals surface area (Å²) in [5, 5.41) is 0. The van der Waals surface area contributed by atoms with E-state index in [1.165, 1.54) is 18.2 Å². The zero-order chi connectivity index (χ0) is 23.7. The molecule has 0 spiro atoms. The molecule has 0 aliphatic carbocycles. The molecule has 1 aliphatic heterocycles. The second kappa shape index (κ2) is 9.44. The number of benzene rings is 3. The average molecular weight is 468 g/mol. The van der Waals surface area contributed by atoms with Gasteiger partial charge in [0, 0.05) is 17.0 Å². The van der Waals surface area contributed by atoms with Crippen LogP contribution in [-0.4, -0.2) is 13.2 Å². The SMILES string of the molecule is CC1COC(c2ccc(-c3cc(F)c(OCc4cc(F)c(F)c(F)c4)c(F)c3)c(F)c2)OC1. The minimum absolute atomic E-state index is 0.0602. The van der Waals surface area contributed by atoms with Gasteiger partial charge in [0.2, 0.25) is 0 Å². The third-order valence-electron chi connectivity index (χ3n) is 5.07. The molecule has 1 saturated heterocycles. The maximum atomic E-state index is 14.7. The van der Waals surface area contributed by atoms with Crippen molar-refractivity contribution in [2.24, 2.45) is 5.92 Å². The van der Waals surface area contributed by atoms with Gasteiger partial charge in [-0.25, -0.2) is 26.3 Å². The van der Waals surface area contributed by atoms with E-state index in [1.807, 2.05) is 6.92 Å². The molecule has 1 heterocycles. The largest absolute Gasteiger partial charge is 0.483 e. The van der Waals surface area contributed by atoms with E-state index in [0.29, 0.717) is 30.9 Å². The first-order valence-corrected chi connectivity index (χ1v) is 10.0. The highest BCUT2D eigenvalue weighted by molar-refractivity contribution is 5.66. The molecule has 0 saturated carbocycles. The average Bonchev–Trinajstić information content (AvgIpc) is 2.77. The van der Waals surface area contributed by atoms with Gasteiger partial charge in [-0.3, -0.25) is 0 Å². The van der Waals surface area contributed by atoms with Crippen LogP contribution in [0.25, 0.3) is 11.1 Å². The van der Waals surface area contributed by atoms with Crippen molar-refractivity contribution >= 4 is 0 Å². The van der Waals surface area contributed by atoms with Crippen molar-refractivity contribution in [2.45, 2.75) is 19.8 Å². The Morgan fingerprint density at radius 3 is 1.97 bits per heavy atom. The third-order valence-corrected chi connectivity index (χ3v) is 5.07. The fourth-order valence-electron chi connectivity index (χ4n) is 3.40. The Labute approximate surface area is 185 Å². The van der Waals surface area contributed by atoms with Gasteiger partial charge in [0.05, 0.1) is 13.2 Å². The molecule has 0 aromatic heterocycles. The van der Waals surface area contributed by atoms with Crippen LogP contribution in [0.5, 0.6) is 5.75 Å². The van der Waals surface area contributed by atoms with Crippen molar-refractivity contribution in [1.29, 1.82) is 0 Å². The maximum absolute atomic E-state index is 14.7. The van der Waals surface area contributed by atoms with Gasteiger partial charge in [0.1, 0.15) is 12.4 Å². The van der Waals surface area contributed by atoms with Gasteiger partial charge < -0.3 is 14.2 Å². The lowest BCUT2D eigenvalue weighted by Crippen LogP contribution is -2.25. The Morgan fingerprint density at radius 1 is 0.788 bits per heavy atom. The smallest absolute Gasteiger partial charge is 0.194 e.